The quantitative estimate of drug-likeness (QED) is 0.355. The monoisotopic (exact) mass is 279 g/mol. The van der Waals surface area contributed by atoms with Crippen molar-refractivity contribution in [1.82, 2.24) is 4.90 Å². The molecule has 0 heterocycles. The van der Waals surface area contributed by atoms with Crippen molar-refractivity contribution in [3.05, 3.63) is 29.8 Å². The third-order valence-electron chi connectivity index (χ3n) is 3.18. The summed E-state index contributed by atoms with van der Waals surface area (Å²) in [4.78, 5) is 13.8. The van der Waals surface area contributed by atoms with Crippen LogP contribution in [0.25, 0.3) is 0 Å². The first kappa shape index (κ1) is 15.8. The van der Waals surface area contributed by atoms with Crippen molar-refractivity contribution in [1.29, 1.82) is 0 Å². The fourth-order valence-electron chi connectivity index (χ4n) is 1.81. The maximum Gasteiger partial charge on any atom is 0.226 e. The lowest BCUT2D eigenvalue weighted by atomic mass is 10.1. The van der Waals surface area contributed by atoms with E-state index in [0.29, 0.717) is 6.42 Å². The van der Waals surface area contributed by atoms with Crippen LogP contribution in [0.5, 0.6) is 5.75 Å². The summed E-state index contributed by atoms with van der Waals surface area (Å²) in [7, 11) is 3.30. The van der Waals surface area contributed by atoms with E-state index in [-0.39, 0.29) is 24.2 Å². The lowest BCUT2D eigenvalue weighted by Crippen LogP contribution is -2.38. The van der Waals surface area contributed by atoms with Crippen molar-refractivity contribution in [3.8, 4) is 5.75 Å². The Morgan fingerprint density at radius 2 is 2.25 bits per heavy atom. The Morgan fingerprint density at radius 1 is 1.55 bits per heavy atom. The topological polar surface area (TPSA) is 88.2 Å². The Bertz CT molecular complexity index is 488. The highest BCUT2D eigenvalue weighted by Gasteiger charge is 2.17. The molecule has 1 rings (SSSR count). The Kier molecular flexibility index (Phi) is 5.83. The summed E-state index contributed by atoms with van der Waals surface area (Å²) in [5.41, 5.74) is 6.33. The second-order valence-corrected chi connectivity index (χ2v) is 4.68. The van der Waals surface area contributed by atoms with Gasteiger partial charge in [-0.3, -0.25) is 4.79 Å². The number of likely N-dealkylation sites (N-methyl/N-ethyl adjacent to an activating group) is 1. The van der Waals surface area contributed by atoms with Crippen LogP contribution in [0.4, 0.5) is 0 Å². The second kappa shape index (κ2) is 7.37. The van der Waals surface area contributed by atoms with Crippen LogP contribution >= 0.6 is 0 Å². The summed E-state index contributed by atoms with van der Waals surface area (Å²) in [5, 5.41) is 11.5. The van der Waals surface area contributed by atoms with Gasteiger partial charge in [0.1, 0.15) is 11.6 Å². The highest BCUT2D eigenvalue weighted by molar-refractivity contribution is 5.82. The average Bonchev–Trinajstić information content (AvgIpc) is 2.46. The van der Waals surface area contributed by atoms with Crippen molar-refractivity contribution in [2.45, 2.75) is 25.8 Å². The molecule has 0 spiro atoms. The van der Waals surface area contributed by atoms with E-state index in [1.54, 1.807) is 19.1 Å². The first-order valence-electron chi connectivity index (χ1n) is 6.33. The third kappa shape index (κ3) is 4.46. The number of carbonyl (C=O) groups excluding carboxylic acids is 1. The molecule has 1 aromatic rings. The minimum Gasteiger partial charge on any atom is -0.497 e. The molecule has 0 saturated carbocycles. The molecule has 0 saturated heterocycles. The molecule has 1 atom stereocenters. The van der Waals surface area contributed by atoms with Crippen LogP contribution in [-0.4, -0.2) is 42.0 Å². The molecule has 0 aromatic heterocycles. The van der Waals surface area contributed by atoms with E-state index in [1.165, 1.54) is 0 Å². The van der Waals surface area contributed by atoms with E-state index >= 15 is 0 Å². The predicted octanol–water partition coefficient (Wildman–Crippen LogP) is 1.22. The number of amides is 1. The molecule has 6 heteroatoms. The molecule has 1 aromatic carbocycles. The molecule has 0 aliphatic heterocycles. The zero-order valence-electron chi connectivity index (χ0n) is 12.0. The van der Waals surface area contributed by atoms with E-state index in [2.05, 4.69) is 5.16 Å². The van der Waals surface area contributed by atoms with Crippen molar-refractivity contribution in [2.75, 3.05) is 14.2 Å². The maximum absolute atomic E-state index is 12.2. The Hall–Kier alpha value is -2.24. The van der Waals surface area contributed by atoms with E-state index in [1.807, 2.05) is 31.2 Å². The van der Waals surface area contributed by atoms with Crippen molar-refractivity contribution in [2.24, 2.45) is 10.9 Å². The summed E-state index contributed by atoms with van der Waals surface area (Å²) in [6.07, 6.45) is 0.616. The zero-order chi connectivity index (χ0) is 15.1. The van der Waals surface area contributed by atoms with Crippen LogP contribution in [0.1, 0.15) is 18.9 Å². The Balaban J connectivity index is 2.65. The van der Waals surface area contributed by atoms with Gasteiger partial charge in [0.05, 0.1) is 13.5 Å². The minimum absolute atomic E-state index is 0.0310. The average molecular weight is 279 g/mol. The van der Waals surface area contributed by atoms with E-state index in [4.69, 9.17) is 15.7 Å². The van der Waals surface area contributed by atoms with Gasteiger partial charge in [-0.25, -0.2) is 0 Å². The number of hydrogen-bond donors (Lipinski definition) is 2. The molecular weight excluding hydrogens is 258 g/mol. The number of nitrogens with zero attached hydrogens (tertiary/aromatic N) is 2. The van der Waals surface area contributed by atoms with Gasteiger partial charge in [0.15, 0.2) is 0 Å². The molecule has 0 bridgehead atoms. The number of carbonyl (C=O) groups is 1. The SMILES string of the molecule is COc1cccc(CC(=O)N(C)C(C)CC(N)=NO)c1. The number of oxime groups is 1. The summed E-state index contributed by atoms with van der Waals surface area (Å²) in [6.45, 7) is 1.85. The number of ether oxygens (including phenoxy) is 1. The summed E-state index contributed by atoms with van der Waals surface area (Å²) in [6, 6.07) is 7.26. The number of hydrogen-bond acceptors (Lipinski definition) is 4. The molecule has 0 fully saturated rings. The van der Waals surface area contributed by atoms with Gasteiger partial charge in [-0.15, -0.1) is 0 Å². The number of nitrogens with two attached hydrogens (primary N) is 1. The van der Waals surface area contributed by atoms with Crippen LogP contribution in [0.2, 0.25) is 0 Å². The van der Waals surface area contributed by atoms with E-state index < -0.39 is 0 Å². The van der Waals surface area contributed by atoms with Gasteiger partial charge >= 0.3 is 0 Å². The fourth-order valence-corrected chi connectivity index (χ4v) is 1.81. The molecule has 0 aliphatic carbocycles. The first-order valence-corrected chi connectivity index (χ1v) is 6.33. The lowest BCUT2D eigenvalue weighted by Gasteiger charge is -2.24. The van der Waals surface area contributed by atoms with Crippen molar-refractivity contribution in [3.63, 3.8) is 0 Å². The smallest absolute Gasteiger partial charge is 0.226 e. The van der Waals surface area contributed by atoms with Crippen LogP contribution in [-0.2, 0) is 11.2 Å². The highest BCUT2D eigenvalue weighted by Crippen LogP contribution is 2.14. The second-order valence-electron chi connectivity index (χ2n) is 4.68. The van der Waals surface area contributed by atoms with Crippen LogP contribution in [0, 0.1) is 0 Å². The molecule has 0 radical (unpaired) electrons. The van der Waals surface area contributed by atoms with Crippen LogP contribution in [0.15, 0.2) is 29.4 Å². The number of rotatable bonds is 6. The standard InChI is InChI=1S/C14H21N3O3/c1-10(7-13(15)16-19)17(2)14(18)9-11-5-4-6-12(8-11)20-3/h4-6,8,10,19H,7,9H2,1-3H3,(H2,15,16). The Labute approximate surface area is 118 Å². The van der Waals surface area contributed by atoms with Gasteiger partial charge in [-0.1, -0.05) is 17.3 Å². The first-order chi connectivity index (χ1) is 9.47. The highest BCUT2D eigenvalue weighted by atomic mass is 16.5. The summed E-state index contributed by atoms with van der Waals surface area (Å²) in [5.74, 6) is 0.803. The molecule has 1 amide bonds. The van der Waals surface area contributed by atoms with Gasteiger partial charge in [-0.2, -0.15) is 0 Å². The molecule has 1 unspecified atom stereocenters. The van der Waals surface area contributed by atoms with E-state index in [9.17, 15) is 4.79 Å². The van der Waals surface area contributed by atoms with Crippen molar-refractivity contribution >= 4 is 11.7 Å². The van der Waals surface area contributed by atoms with Crippen LogP contribution in [0.3, 0.4) is 0 Å². The van der Waals surface area contributed by atoms with Gasteiger partial charge in [-0.05, 0) is 24.6 Å². The van der Waals surface area contributed by atoms with Gasteiger partial charge in [0.2, 0.25) is 5.91 Å². The lowest BCUT2D eigenvalue weighted by molar-refractivity contribution is -0.130. The Morgan fingerprint density at radius 3 is 2.85 bits per heavy atom. The molecular formula is C14H21N3O3. The molecule has 110 valence electrons. The van der Waals surface area contributed by atoms with Gasteiger partial charge in [0.25, 0.3) is 0 Å². The van der Waals surface area contributed by atoms with Crippen molar-refractivity contribution < 1.29 is 14.7 Å². The summed E-state index contributed by atoms with van der Waals surface area (Å²) >= 11 is 0. The van der Waals surface area contributed by atoms with Crippen LogP contribution < -0.4 is 10.5 Å². The molecule has 0 aliphatic rings. The zero-order valence-corrected chi connectivity index (χ0v) is 12.0. The van der Waals surface area contributed by atoms with Gasteiger partial charge < -0.3 is 20.6 Å². The largest absolute Gasteiger partial charge is 0.497 e. The number of amidine groups is 1. The van der Waals surface area contributed by atoms with E-state index in [0.717, 1.165) is 11.3 Å². The third-order valence-corrected chi connectivity index (χ3v) is 3.18. The number of benzene rings is 1. The summed E-state index contributed by atoms with van der Waals surface area (Å²) < 4.78 is 5.13. The van der Waals surface area contributed by atoms with Gasteiger partial charge in [0, 0.05) is 19.5 Å². The maximum atomic E-state index is 12.2. The number of methoxy groups -OCH3 is 1. The molecule has 3 N–H and O–H groups in total. The molecule has 6 nitrogen and oxygen atoms in total. The fraction of sp³-hybridized carbons (Fsp3) is 0.429. The predicted molar refractivity (Wildman–Crippen MR) is 77.0 cm³/mol. The molecule has 20 heavy (non-hydrogen) atoms. The minimum atomic E-state index is -0.135. The normalized spacial score (nSPS) is 12.8.